The first kappa shape index (κ1) is 20.5. The van der Waals surface area contributed by atoms with Crippen molar-refractivity contribution in [3.05, 3.63) is 48.8 Å². The molecule has 0 aliphatic carbocycles. The van der Waals surface area contributed by atoms with Gasteiger partial charge in [0.25, 0.3) is 0 Å². The van der Waals surface area contributed by atoms with Gasteiger partial charge in [-0.1, -0.05) is 6.07 Å². The summed E-state index contributed by atoms with van der Waals surface area (Å²) in [6, 6.07) is 11.5. The van der Waals surface area contributed by atoms with Crippen molar-refractivity contribution in [1.82, 2.24) is 15.0 Å². The normalized spacial score (nSPS) is 13.6. The zero-order valence-electron chi connectivity index (χ0n) is 17.9. The molecule has 4 rings (SSSR count). The zero-order valence-corrected chi connectivity index (χ0v) is 17.9. The molecule has 1 fully saturated rings. The summed E-state index contributed by atoms with van der Waals surface area (Å²) >= 11 is 0. The van der Waals surface area contributed by atoms with Crippen LogP contribution >= 0.6 is 0 Å². The molecule has 0 amide bonds. The third-order valence-electron chi connectivity index (χ3n) is 5.12. The Labute approximate surface area is 181 Å². The Balaban J connectivity index is 1.47. The monoisotopic (exact) mass is 422 g/mol. The molecule has 9 nitrogen and oxygen atoms in total. The first-order valence-electron chi connectivity index (χ1n) is 10.0. The van der Waals surface area contributed by atoms with Gasteiger partial charge in [-0.05, 0) is 18.2 Å². The van der Waals surface area contributed by atoms with Gasteiger partial charge >= 0.3 is 0 Å². The van der Waals surface area contributed by atoms with Gasteiger partial charge in [0.15, 0.2) is 11.5 Å². The van der Waals surface area contributed by atoms with E-state index in [0.29, 0.717) is 29.0 Å². The molecule has 162 valence electrons. The van der Waals surface area contributed by atoms with E-state index in [1.807, 2.05) is 42.6 Å². The quantitative estimate of drug-likeness (QED) is 0.618. The predicted octanol–water partition coefficient (Wildman–Crippen LogP) is 2.97. The second kappa shape index (κ2) is 9.38. The molecule has 1 N–H and O–H groups in total. The Morgan fingerprint density at radius 2 is 1.52 bits per heavy atom. The van der Waals surface area contributed by atoms with E-state index in [1.54, 1.807) is 27.5 Å². The molecule has 3 aromatic rings. The Hall–Kier alpha value is -3.75. The number of piperazine rings is 1. The molecule has 0 radical (unpaired) electrons. The van der Waals surface area contributed by atoms with Crippen LogP contribution in [0.1, 0.15) is 0 Å². The Morgan fingerprint density at radius 3 is 2.13 bits per heavy atom. The van der Waals surface area contributed by atoms with Crippen molar-refractivity contribution < 1.29 is 14.2 Å². The second-order valence-electron chi connectivity index (χ2n) is 6.94. The number of ether oxygens (including phenoxy) is 3. The highest BCUT2D eigenvalue weighted by molar-refractivity contribution is 5.67. The first-order valence-corrected chi connectivity index (χ1v) is 10.0. The molecule has 3 heterocycles. The van der Waals surface area contributed by atoms with Gasteiger partial charge in [-0.2, -0.15) is 4.98 Å². The lowest BCUT2D eigenvalue weighted by Gasteiger charge is -2.35. The number of methoxy groups -OCH3 is 3. The number of nitrogens with zero attached hydrogens (tertiary/aromatic N) is 5. The van der Waals surface area contributed by atoms with Crippen molar-refractivity contribution in [1.29, 1.82) is 0 Å². The smallest absolute Gasteiger partial charge is 0.227 e. The molecule has 1 aromatic carbocycles. The summed E-state index contributed by atoms with van der Waals surface area (Å²) in [4.78, 5) is 18.1. The van der Waals surface area contributed by atoms with Gasteiger partial charge in [-0.25, -0.2) is 9.97 Å². The SMILES string of the molecule is COc1cc(Nc2ccnc(N3CCN(c4ccccn4)CC3)n2)cc(OC)c1OC. The number of nitrogens with one attached hydrogen (secondary N) is 1. The molecule has 1 saturated heterocycles. The maximum absolute atomic E-state index is 5.43. The van der Waals surface area contributed by atoms with Gasteiger partial charge in [-0.15, -0.1) is 0 Å². The van der Waals surface area contributed by atoms with Crippen LogP contribution in [0.15, 0.2) is 48.8 Å². The summed E-state index contributed by atoms with van der Waals surface area (Å²) in [5, 5.41) is 3.31. The van der Waals surface area contributed by atoms with Crippen LogP contribution in [0.5, 0.6) is 17.2 Å². The maximum atomic E-state index is 5.43. The summed E-state index contributed by atoms with van der Waals surface area (Å²) in [6.45, 7) is 3.38. The van der Waals surface area contributed by atoms with Crippen molar-refractivity contribution in [3.63, 3.8) is 0 Å². The number of benzene rings is 1. The summed E-state index contributed by atoms with van der Waals surface area (Å²) < 4.78 is 16.2. The largest absolute Gasteiger partial charge is 0.493 e. The highest BCUT2D eigenvalue weighted by Crippen LogP contribution is 2.40. The van der Waals surface area contributed by atoms with Crippen molar-refractivity contribution in [2.24, 2.45) is 0 Å². The fourth-order valence-corrected chi connectivity index (χ4v) is 3.55. The molecule has 1 aliphatic rings. The molecular weight excluding hydrogens is 396 g/mol. The summed E-state index contributed by atoms with van der Waals surface area (Å²) in [6.07, 6.45) is 3.58. The summed E-state index contributed by atoms with van der Waals surface area (Å²) in [5.41, 5.74) is 0.777. The predicted molar refractivity (Wildman–Crippen MR) is 120 cm³/mol. The maximum Gasteiger partial charge on any atom is 0.227 e. The summed E-state index contributed by atoms with van der Waals surface area (Å²) in [7, 11) is 4.76. The zero-order chi connectivity index (χ0) is 21.6. The highest BCUT2D eigenvalue weighted by Gasteiger charge is 2.20. The lowest BCUT2D eigenvalue weighted by molar-refractivity contribution is 0.324. The van der Waals surface area contributed by atoms with Gasteiger partial charge in [0.2, 0.25) is 11.7 Å². The lowest BCUT2D eigenvalue weighted by Crippen LogP contribution is -2.47. The van der Waals surface area contributed by atoms with E-state index in [-0.39, 0.29) is 0 Å². The van der Waals surface area contributed by atoms with Gasteiger partial charge in [0, 0.05) is 56.4 Å². The second-order valence-corrected chi connectivity index (χ2v) is 6.94. The minimum absolute atomic E-state index is 0.546. The molecule has 31 heavy (non-hydrogen) atoms. The van der Waals surface area contributed by atoms with Crippen LogP contribution in [-0.4, -0.2) is 62.5 Å². The molecule has 2 aromatic heterocycles. The standard InChI is InChI=1S/C22H26N6O3/c1-29-17-14-16(15-18(30-2)21(17)31-3)25-19-7-9-24-22(26-19)28-12-10-27(11-13-28)20-6-4-5-8-23-20/h4-9,14-15H,10-13H2,1-3H3,(H,24,25,26). The van der Waals surface area contributed by atoms with Crippen molar-refractivity contribution >= 4 is 23.3 Å². The molecular formula is C22H26N6O3. The Kier molecular flexibility index (Phi) is 6.21. The fraction of sp³-hybridized carbons (Fsp3) is 0.318. The van der Waals surface area contributed by atoms with E-state index in [9.17, 15) is 0 Å². The van der Waals surface area contributed by atoms with Crippen LogP contribution < -0.4 is 29.3 Å². The molecule has 0 unspecified atom stereocenters. The van der Waals surface area contributed by atoms with Crippen LogP contribution in [-0.2, 0) is 0 Å². The molecule has 0 saturated carbocycles. The van der Waals surface area contributed by atoms with E-state index in [4.69, 9.17) is 19.2 Å². The van der Waals surface area contributed by atoms with E-state index >= 15 is 0 Å². The number of anilines is 4. The number of rotatable bonds is 7. The topological polar surface area (TPSA) is 84.9 Å². The Bertz CT molecular complexity index is 984. The lowest BCUT2D eigenvalue weighted by atomic mass is 10.2. The third-order valence-corrected chi connectivity index (χ3v) is 5.12. The molecule has 0 bridgehead atoms. The van der Waals surface area contributed by atoms with E-state index in [2.05, 4.69) is 25.1 Å². The molecule has 1 aliphatic heterocycles. The minimum Gasteiger partial charge on any atom is -0.493 e. The van der Waals surface area contributed by atoms with Crippen LogP contribution in [0.25, 0.3) is 0 Å². The van der Waals surface area contributed by atoms with Gasteiger partial charge < -0.3 is 29.3 Å². The van der Waals surface area contributed by atoms with E-state index in [1.165, 1.54) is 0 Å². The number of hydrogen-bond acceptors (Lipinski definition) is 9. The minimum atomic E-state index is 0.546. The first-order chi connectivity index (χ1) is 15.2. The van der Waals surface area contributed by atoms with Crippen LogP contribution in [0, 0.1) is 0 Å². The van der Waals surface area contributed by atoms with E-state index < -0.39 is 0 Å². The highest BCUT2D eigenvalue weighted by atomic mass is 16.5. The molecule has 9 heteroatoms. The average molecular weight is 422 g/mol. The van der Waals surface area contributed by atoms with Crippen molar-refractivity contribution in [3.8, 4) is 17.2 Å². The number of pyridine rings is 1. The fourth-order valence-electron chi connectivity index (χ4n) is 3.55. The number of aromatic nitrogens is 3. The summed E-state index contributed by atoms with van der Waals surface area (Å²) in [5.74, 6) is 4.07. The number of hydrogen-bond donors (Lipinski definition) is 1. The van der Waals surface area contributed by atoms with Crippen LogP contribution in [0.2, 0.25) is 0 Å². The molecule has 0 spiro atoms. The van der Waals surface area contributed by atoms with Gasteiger partial charge in [-0.3, -0.25) is 0 Å². The van der Waals surface area contributed by atoms with Crippen molar-refractivity contribution in [2.75, 3.05) is 62.6 Å². The average Bonchev–Trinajstić information content (AvgIpc) is 2.84. The van der Waals surface area contributed by atoms with Gasteiger partial charge in [0.05, 0.1) is 21.3 Å². The third kappa shape index (κ3) is 4.55. The Morgan fingerprint density at radius 1 is 0.806 bits per heavy atom. The van der Waals surface area contributed by atoms with Crippen molar-refractivity contribution in [2.45, 2.75) is 0 Å². The van der Waals surface area contributed by atoms with E-state index in [0.717, 1.165) is 37.7 Å². The van der Waals surface area contributed by atoms with Crippen LogP contribution in [0.4, 0.5) is 23.3 Å². The van der Waals surface area contributed by atoms with Crippen LogP contribution in [0.3, 0.4) is 0 Å². The van der Waals surface area contributed by atoms with Gasteiger partial charge in [0.1, 0.15) is 11.6 Å². The molecule has 0 atom stereocenters.